The monoisotopic (exact) mass is 424 g/mol. The van der Waals surface area contributed by atoms with Crippen LogP contribution in [-0.2, 0) is 13.1 Å². The van der Waals surface area contributed by atoms with Gasteiger partial charge < -0.3 is 0 Å². The van der Waals surface area contributed by atoms with Gasteiger partial charge in [0.25, 0.3) is 5.69 Å². The Labute approximate surface area is 179 Å². The summed E-state index contributed by atoms with van der Waals surface area (Å²) < 4.78 is 1.96. The maximum Gasteiger partial charge on any atom is 0.270 e. The van der Waals surface area contributed by atoms with Gasteiger partial charge in [0.05, 0.1) is 22.9 Å². The Morgan fingerprint density at radius 2 is 1.90 bits per heavy atom. The topological polar surface area (TPSA) is 89.5 Å². The molecule has 0 unspecified atom stereocenters. The van der Waals surface area contributed by atoms with Gasteiger partial charge in [0.15, 0.2) is 11.6 Å². The van der Waals surface area contributed by atoms with Crippen molar-refractivity contribution in [3.05, 3.63) is 80.4 Å². The van der Waals surface area contributed by atoms with Crippen LogP contribution < -0.4 is 0 Å². The number of fused-ring (bicyclic) bond motifs is 3. The number of nitro groups is 1. The second-order valence-electron chi connectivity index (χ2n) is 6.93. The average Bonchev–Trinajstić information content (AvgIpc) is 3.07. The summed E-state index contributed by atoms with van der Waals surface area (Å²) in [5.74, 6) is 1.47. The molecule has 0 saturated heterocycles. The summed E-state index contributed by atoms with van der Waals surface area (Å²) in [5.41, 5.74) is 2.73. The van der Waals surface area contributed by atoms with Crippen LogP contribution in [0.4, 0.5) is 5.69 Å². The lowest BCUT2D eigenvalue weighted by atomic mass is 9.99. The van der Waals surface area contributed by atoms with Crippen LogP contribution in [0, 0.1) is 10.1 Å². The molecule has 4 rings (SSSR count). The lowest BCUT2D eigenvalue weighted by molar-refractivity contribution is -0.384. The van der Waals surface area contributed by atoms with Crippen LogP contribution >= 0.6 is 11.6 Å². The minimum absolute atomic E-state index is 0.00433. The highest BCUT2D eigenvalue weighted by molar-refractivity contribution is 6.35. The molecule has 0 N–H and O–H groups in total. The second kappa shape index (κ2) is 8.33. The molecule has 0 spiro atoms. The first-order valence-corrected chi connectivity index (χ1v) is 10.1. The molecule has 0 atom stereocenters. The van der Waals surface area contributed by atoms with Gasteiger partial charge in [0.2, 0.25) is 0 Å². The SMILES string of the molecule is CCN(CC)Cc1nnc2n1-c1ccc([N+](=O)[O-])cc1C(c1ccccc1Cl)=NC2. The van der Waals surface area contributed by atoms with Crippen molar-refractivity contribution < 1.29 is 4.92 Å². The van der Waals surface area contributed by atoms with Crippen LogP contribution in [0.3, 0.4) is 0 Å². The maximum absolute atomic E-state index is 11.5. The van der Waals surface area contributed by atoms with E-state index >= 15 is 0 Å². The van der Waals surface area contributed by atoms with E-state index in [1.165, 1.54) is 6.07 Å². The van der Waals surface area contributed by atoms with E-state index < -0.39 is 4.92 Å². The summed E-state index contributed by atoms with van der Waals surface area (Å²) in [7, 11) is 0. The van der Waals surface area contributed by atoms with Gasteiger partial charge in [-0.15, -0.1) is 10.2 Å². The van der Waals surface area contributed by atoms with Crippen molar-refractivity contribution in [2.24, 2.45) is 4.99 Å². The normalized spacial score (nSPS) is 12.9. The van der Waals surface area contributed by atoms with E-state index in [-0.39, 0.29) is 5.69 Å². The Hall–Kier alpha value is -3.10. The standard InChI is InChI=1S/C21H21ClN6O2/c1-3-26(4-2)13-20-25-24-19-12-23-21(15-7-5-6-8-17(15)22)16-11-14(28(29)30)9-10-18(16)27(19)20/h5-11H,3-4,12-13H2,1-2H3. The van der Waals surface area contributed by atoms with E-state index in [1.54, 1.807) is 18.2 Å². The third-order valence-electron chi connectivity index (χ3n) is 5.25. The summed E-state index contributed by atoms with van der Waals surface area (Å²) >= 11 is 6.45. The van der Waals surface area contributed by atoms with Gasteiger partial charge in [-0.25, -0.2) is 0 Å². The fourth-order valence-electron chi connectivity index (χ4n) is 3.62. The van der Waals surface area contributed by atoms with Gasteiger partial charge in [-0.3, -0.25) is 24.6 Å². The Morgan fingerprint density at radius 3 is 2.60 bits per heavy atom. The molecule has 0 amide bonds. The molecule has 0 fully saturated rings. The largest absolute Gasteiger partial charge is 0.296 e. The Kier molecular flexibility index (Phi) is 5.61. The van der Waals surface area contributed by atoms with E-state index in [2.05, 4.69) is 28.9 Å². The van der Waals surface area contributed by atoms with Crippen molar-refractivity contribution >= 4 is 23.0 Å². The van der Waals surface area contributed by atoms with E-state index in [0.717, 1.165) is 30.2 Å². The molecule has 0 saturated carbocycles. The first-order valence-electron chi connectivity index (χ1n) is 9.77. The van der Waals surface area contributed by atoms with Gasteiger partial charge in [-0.2, -0.15) is 0 Å². The Balaban J connectivity index is 1.93. The third kappa shape index (κ3) is 3.59. The van der Waals surface area contributed by atoms with Crippen molar-refractivity contribution in [3.8, 4) is 5.69 Å². The highest BCUT2D eigenvalue weighted by atomic mass is 35.5. The predicted octanol–water partition coefficient (Wildman–Crippen LogP) is 4.02. The number of benzene rings is 2. The molecule has 9 heteroatoms. The molecule has 8 nitrogen and oxygen atoms in total. The summed E-state index contributed by atoms with van der Waals surface area (Å²) in [4.78, 5) is 18.0. The zero-order valence-corrected chi connectivity index (χ0v) is 17.5. The van der Waals surface area contributed by atoms with E-state index in [9.17, 15) is 10.1 Å². The smallest absolute Gasteiger partial charge is 0.270 e. The molecular formula is C21H21ClN6O2. The van der Waals surface area contributed by atoms with Crippen molar-refractivity contribution in [3.63, 3.8) is 0 Å². The second-order valence-corrected chi connectivity index (χ2v) is 7.34. The lowest BCUT2D eigenvalue weighted by Crippen LogP contribution is -2.24. The fraction of sp³-hybridized carbons (Fsp3) is 0.286. The summed E-state index contributed by atoms with van der Waals surface area (Å²) in [6, 6.07) is 12.2. The van der Waals surface area contributed by atoms with Gasteiger partial charge in [-0.05, 0) is 25.2 Å². The number of halogens is 1. The highest BCUT2D eigenvalue weighted by Gasteiger charge is 2.26. The minimum atomic E-state index is -0.403. The van der Waals surface area contributed by atoms with Crippen LogP contribution in [-0.4, -0.2) is 43.4 Å². The predicted molar refractivity (Wildman–Crippen MR) is 115 cm³/mol. The number of hydrogen-bond donors (Lipinski definition) is 0. The van der Waals surface area contributed by atoms with Gasteiger partial charge in [0, 0.05) is 28.3 Å². The number of nitrogens with zero attached hydrogens (tertiary/aromatic N) is 6. The highest BCUT2D eigenvalue weighted by Crippen LogP contribution is 2.31. The molecule has 0 radical (unpaired) electrons. The molecule has 1 aliphatic heterocycles. The van der Waals surface area contributed by atoms with Crippen LogP contribution in [0.2, 0.25) is 5.02 Å². The van der Waals surface area contributed by atoms with Crippen LogP contribution in [0.1, 0.15) is 36.6 Å². The quantitative estimate of drug-likeness (QED) is 0.440. The number of aromatic nitrogens is 3. The molecule has 0 bridgehead atoms. The number of rotatable bonds is 6. The zero-order chi connectivity index (χ0) is 21.3. The summed E-state index contributed by atoms with van der Waals surface area (Å²) in [6.07, 6.45) is 0. The summed E-state index contributed by atoms with van der Waals surface area (Å²) in [5, 5.41) is 20.8. The number of non-ortho nitro benzene ring substituents is 1. The number of nitro benzene ring substituents is 1. The molecule has 2 aromatic carbocycles. The first-order chi connectivity index (χ1) is 14.5. The molecule has 1 aromatic heterocycles. The van der Waals surface area contributed by atoms with Crippen molar-refractivity contribution in [1.82, 2.24) is 19.7 Å². The van der Waals surface area contributed by atoms with Gasteiger partial charge >= 0.3 is 0 Å². The Bertz CT molecular complexity index is 1140. The third-order valence-corrected chi connectivity index (χ3v) is 5.58. The molecular weight excluding hydrogens is 404 g/mol. The molecule has 1 aliphatic rings. The number of hydrogen-bond acceptors (Lipinski definition) is 6. The first kappa shape index (κ1) is 20.2. The van der Waals surface area contributed by atoms with Crippen LogP contribution in [0.15, 0.2) is 47.5 Å². The van der Waals surface area contributed by atoms with Gasteiger partial charge in [0.1, 0.15) is 6.54 Å². The lowest BCUT2D eigenvalue weighted by Gasteiger charge is -2.19. The Morgan fingerprint density at radius 1 is 1.13 bits per heavy atom. The average molecular weight is 425 g/mol. The van der Waals surface area contributed by atoms with Crippen molar-refractivity contribution in [1.29, 1.82) is 0 Å². The number of aliphatic imine (C=N–C) groups is 1. The zero-order valence-electron chi connectivity index (χ0n) is 16.7. The van der Waals surface area contributed by atoms with E-state index in [1.807, 2.05) is 22.8 Å². The van der Waals surface area contributed by atoms with Crippen LogP contribution in [0.5, 0.6) is 0 Å². The molecule has 0 aliphatic carbocycles. The minimum Gasteiger partial charge on any atom is -0.296 e. The van der Waals surface area contributed by atoms with Gasteiger partial charge in [-0.1, -0.05) is 43.6 Å². The fourth-order valence-corrected chi connectivity index (χ4v) is 3.85. The molecule has 30 heavy (non-hydrogen) atoms. The molecule has 3 aromatic rings. The molecule has 2 heterocycles. The van der Waals surface area contributed by atoms with Crippen molar-refractivity contribution in [2.75, 3.05) is 13.1 Å². The van der Waals surface area contributed by atoms with E-state index in [0.29, 0.717) is 35.2 Å². The van der Waals surface area contributed by atoms with Crippen molar-refractivity contribution in [2.45, 2.75) is 26.9 Å². The maximum atomic E-state index is 11.5. The summed E-state index contributed by atoms with van der Waals surface area (Å²) in [6.45, 7) is 6.88. The molecule has 154 valence electrons. The van der Waals surface area contributed by atoms with Crippen LogP contribution in [0.25, 0.3) is 5.69 Å². The van der Waals surface area contributed by atoms with E-state index in [4.69, 9.17) is 16.6 Å².